The highest BCUT2D eigenvalue weighted by molar-refractivity contribution is 5.76. The van der Waals surface area contributed by atoms with E-state index in [1.807, 2.05) is 38.1 Å². The summed E-state index contributed by atoms with van der Waals surface area (Å²) in [4.78, 5) is 15.0. The Morgan fingerprint density at radius 1 is 1.08 bits per heavy atom. The van der Waals surface area contributed by atoms with Gasteiger partial charge in [0, 0.05) is 11.1 Å². The summed E-state index contributed by atoms with van der Waals surface area (Å²) in [6.07, 6.45) is 1.48. The van der Waals surface area contributed by atoms with E-state index < -0.39 is 5.82 Å². The first-order valence-electron chi connectivity index (χ1n) is 8.75. The zero-order valence-corrected chi connectivity index (χ0v) is 15.5. The first-order chi connectivity index (χ1) is 12.6. The lowest BCUT2D eigenvalue weighted by Crippen LogP contribution is -1.93. The van der Waals surface area contributed by atoms with Crippen LogP contribution in [0.4, 0.5) is 4.39 Å². The lowest BCUT2D eigenvalue weighted by Gasteiger charge is -2.04. The number of aldehydes is 1. The molecule has 0 fully saturated rings. The zero-order valence-electron chi connectivity index (χ0n) is 15.5. The van der Waals surface area contributed by atoms with E-state index in [-0.39, 0.29) is 11.4 Å². The van der Waals surface area contributed by atoms with E-state index >= 15 is 0 Å². The number of hydrogen-bond donors (Lipinski definition) is 0. The summed E-state index contributed by atoms with van der Waals surface area (Å²) in [5.74, 6) is 0.649. The maximum absolute atomic E-state index is 13.7. The van der Waals surface area contributed by atoms with Crippen molar-refractivity contribution < 1.29 is 13.7 Å². The SMILES string of the molecule is CC.CC(C)Cc1ccc(-c2nc(-c3ccc(C=O)c(F)c3)no2)cc1. The molecule has 1 heterocycles. The minimum atomic E-state index is -0.605. The van der Waals surface area contributed by atoms with E-state index in [9.17, 15) is 9.18 Å². The molecule has 26 heavy (non-hydrogen) atoms. The van der Waals surface area contributed by atoms with Gasteiger partial charge < -0.3 is 4.52 Å². The normalized spacial score (nSPS) is 10.4. The van der Waals surface area contributed by atoms with E-state index in [0.717, 1.165) is 12.0 Å². The maximum atomic E-state index is 13.7. The first-order valence-corrected chi connectivity index (χ1v) is 8.75. The van der Waals surface area contributed by atoms with Crippen LogP contribution in [0.1, 0.15) is 43.6 Å². The van der Waals surface area contributed by atoms with Crippen molar-refractivity contribution >= 4 is 6.29 Å². The fourth-order valence-electron chi connectivity index (χ4n) is 2.47. The Morgan fingerprint density at radius 2 is 1.73 bits per heavy atom. The maximum Gasteiger partial charge on any atom is 0.258 e. The molecule has 3 aromatic rings. The summed E-state index contributed by atoms with van der Waals surface area (Å²) >= 11 is 0. The molecular formula is C21H23FN2O2. The Bertz CT molecular complexity index is 855. The Hall–Kier alpha value is -2.82. The van der Waals surface area contributed by atoms with Gasteiger partial charge in [-0.05, 0) is 42.2 Å². The number of halogens is 1. The molecule has 136 valence electrons. The Balaban J connectivity index is 0.00000117. The molecule has 0 saturated heterocycles. The highest BCUT2D eigenvalue weighted by Gasteiger charge is 2.12. The molecule has 0 aliphatic heterocycles. The fourth-order valence-corrected chi connectivity index (χ4v) is 2.47. The lowest BCUT2D eigenvalue weighted by atomic mass is 10.0. The molecule has 0 unspecified atom stereocenters. The minimum Gasteiger partial charge on any atom is -0.334 e. The molecular weight excluding hydrogens is 331 g/mol. The van der Waals surface area contributed by atoms with Crippen LogP contribution in [0.25, 0.3) is 22.8 Å². The van der Waals surface area contributed by atoms with Crippen LogP contribution in [0.5, 0.6) is 0 Å². The lowest BCUT2D eigenvalue weighted by molar-refractivity contribution is 0.112. The summed E-state index contributed by atoms with van der Waals surface area (Å²) in [5, 5.41) is 3.89. The number of rotatable bonds is 5. The zero-order chi connectivity index (χ0) is 19.1. The molecule has 0 aliphatic rings. The van der Waals surface area contributed by atoms with Crippen LogP contribution >= 0.6 is 0 Å². The standard InChI is InChI=1S/C19H17FN2O2.C2H6/c1-12(2)9-13-3-5-14(6-4-13)19-21-18(22-24-19)15-7-8-16(11-23)17(20)10-15;1-2/h3-8,10-12H,9H2,1-2H3;1-2H3. The van der Waals surface area contributed by atoms with E-state index in [4.69, 9.17) is 4.52 Å². The predicted octanol–water partition coefficient (Wildman–Crippen LogP) is 5.58. The van der Waals surface area contributed by atoms with Crippen molar-refractivity contribution in [2.24, 2.45) is 5.92 Å². The molecule has 0 radical (unpaired) electrons. The van der Waals surface area contributed by atoms with Gasteiger partial charge in [-0.1, -0.05) is 51.1 Å². The third kappa shape index (κ3) is 4.63. The van der Waals surface area contributed by atoms with Crippen LogP contribution in [0.2, 0.25) is 0 Å². The van der Waals surface area contributed by atoms with Crippen LogP contribution in [0.15, 0.2) is 47.0 Å². The quantitative estimate of drug-likeness (QED) is 0.561. The molecule has 0 bridgehead atoms. The average molecular weight is 354 g/mol. The van der Waals surface area contributed by atoms with E-state index in [2.05, 4.69) is 24.0 Å². The number of benzene rings is 2. The average Bonchev–Trinajstić information content (AvgIpc) is 3.13. The van der Waals surface area contributed by atoms with E-state index in [1.54, 1.807) is 6.07 Å². The molecule has 0 amide bonds. The second-order valence-electron chi connectivity index (χ2n) is 6.07. The number of aromatic nitrogens is 2. The van der Waals surface area contributed by atoms with Gasteiger partial charge >= 0.3 is 0 Å². The molecule has 3 rings (SSSR count). The first kappa shape index (κ1) is 19.5. The number of nitrogens with zero attached hydrogens (tertiary/aromatic N) is 2. The summed E-state index contributed by atoms with van der Waals surface area (Å²) in [6, 6.07) is 12.2. The molecule has 0 aliphatic carbocycles. The van der Waals surface area contributed by atoms with Gasteiger partial charge in [0.1, 0.15) is 5.82 Å². The summed E-state index contributed by atoms with van der Waals surface area (Å²) < 4.78 is 19.0. The number of carbonyl (C=O) groups excluding carboxylic acids is 1. The topological polar surface area (TPSA) is 56.0 Å². The Kier molecular flexibility index (Phi) is 6.78. The van der Waals surface area contributed by atoms with Gasteiger partial charge in [-0.15, -0.1) is 0 Å². The van der Waals surface area contributed by atoms with Gasteiger partial charge in [0.2, 0.25) is 5.82 Å². The summed E-state index contributed by atoms with van der Waals surface area (Å²) in [6.45, 7) is 8.35. The highest BCUT2D eigenvalue weighted by Crippen LogP contribution is 2.24. The molecule has 4 nitrogen and oxygen atoms in total. The van der Waals surface area contributed by atoms with E-state index in [0.29, 0.717) is 23.7 Å². The third-order valence-corrected chi connectivity index (χ3v) is 3.66. The van der Waals surface area contributed by atoms with Crippen molar-refractivity contribution in [3.63, 3.8) is 0 Å². The number of carbonyl (C=O) groups is 1. The Morgan fingerprint density at radius 3 is 2.31 bits per heavy atom. The molecule has 2 aromatic carbocycles. The second kappa shape index (κ2) is 9.04. The van der Waals surface area contributed by atoms with Gasteiger partial charge in [0.15, 0.2) is 6.29 Å². The van der Waals surface area contributed by atoms with Crippen molar-refractivity contribution in [1.29, 1.82) is 0 Å². The van der Waals surface area contributed by atoms with Crippen molar-refractivity contribution in [1.82, 2.24) is 10.1 Å². The molecule has 0 N–H and O–H groups in total. The van der Waals surface area contributed by atoms with Gasteiger partial charge in [-0.3, -0.25) is 4.79 Å². The number of hydrogen-bond acceptors (Lipinski definition) is 4. The minimum absolute atomic E-state index is 0.00297. The Labute approximate surface area is 153 Å². The molecule has 5 heteroatoms. The third-order valence-electron chi connectivity index (χ3n) is 3.66. The second-order valence-corrected chi connectivity index (χ2v) is 6.07. The predicted molar refractivity (Wildman–Crippen MR) is 100 cm³/mol. The smallest absolute Gasteiger partial charge is 0.258 e. The van der Waals surface area contributed by atoms with Crippen LogP contribution < -0.4 is 0 Å². The van der Waals surface area contributed by atoms with Gasteiger partial charge in [0.25, 0.3) is 5.89 Å². The summed E-state index contributed by atoms with van der Waals surface area (Å²) in [5.41, 5.74) is 2.53. The molecule has 1 aromatic heterocycles. The van der Waals surface area contributed by atoms with Crippen molar-refractivity contribution in [2.75, 3.05) is 0 Å². The van der Waals surface area contributed by atoms with Gasteiger partial charge in [-0.2, -0.15) is 4.98 Å². The van der Waals surface area contributed by atoms with Crippen molar-refractivity contribution in [3.8, 4) is 22.8 Å². The largest absolute Gasteiger partial charge is 0.334 e. The highest BCUT2D eigenvalue weighted by atomic mass is 19.1. The van der Waals surface area contributed by atoms with Crippen LogP contribution in [0.3, 0.4) is 0 Å². The van der Waals surface area contributed by atoms with Crippen LogP contribution in [0, 0.1) is 11.7 Å². The van der Waals surface area contributed by atoms with Crippen LogP contribution in [-0.2, 0) is 6.42 Å². The van der Waals surface area contributed by atoms with Crippen molar-refractivity contribution in [2.45, 2.75) is 34.1 Å². The summed E-state index contributed by atoms with van der Waals surface area (Å²) in [7, 11) is 0. The molecule has 0 saturated carbocycles. The van der Waals surface area contributed by atoms with Crippen LogP contribution in [-0.4, -0.2) is 16.4 Å². The monoisotopic (exact) mass is 354 g/mol. The van der Waals surface area contributed by atoms with Crippen molar-refractivity contribution in [3.05, 3.63) is 59.4 Å². The van der Waals surface area contributed by atoms with E-state index in [1.165, 1.54) is 17.7 Å². The fraction of sp³-hybridized carbons (Fsp3) is 0.286. The molecule has 0 atom stereocenters. The van der Waals surface area contributed by atoms with Gasteiger partial charge in [0.05, 0.1) is 5.56 Å². The molecule has 0 spiro atoms. The van der Waals surface area contributed by atoms with Gasteiger partial charge in [-0.25, -0.2) is 4.39 Å².